The molecule has 1 amide bonds. The lowest BCUT2D eigenvalue weighted by Gasteiger charge is -2.24. The van der Waals surface area contributed by atoms with Gasteiger partial charge < -0.3 is 10.4 Å². The molecule has 0 aliphatic heterocycles. The fraction of sp³-hybridized carbons (Fsp3) is 0.273. The lowest BCUT2D eigenvalue weighted by atomic mass is 9.99. The van der Waals surface area contributed by atoms with E-state index in [2.05, 4.69) is 16.4 Å². The lowest BCUT2D eigenvalue weighted by Crippen LogP contribution is -2.34. The normalized spacial score (nSPS) is 13.7. The van der Waals surface area contributed by atoms with Crippen LogP contribution in [0.2, 0.25) is 0 Å². The van der Waals surface area contributed by atoms with Crippen LogP contribution in [0.4, 0.5) is 0 Å². The van der Waals surface area contributed by atoms with E-state index in [1.54, 1.807) is 54.6 Å². The number of carbonyl (C=O) groups excluding carboxylic acids is 1. The summed E-state index contributed by atoms with van der Waals surface area (Å²) >= 11 is 0. The van der Waals surface area contributed by atoms with Gasteiger partial charge in [0.15, 0.2) is 4.90 Å². The number of carbonyl (C=O) groups is 1. The van der Waals surface area contributed by atoms with Crippen LogP contribution in [-0.4, -0.2) is 36.0 Å². The standard InChI is InChI=1S/C33H32N4O5S/c1-3-4-12-28-36-32(39)30(33(40)37(28)29(23-13-14-23)24-9-7-8-21(19-24)20-34)43(41,42)25-17-15-22(16-18-25)26-10-5-6-11-27(26)31(38)35-2/h5-11,15-19,23,29,39H,3-4,12-14H2,1-2H3,(H,35,38)/t29-/m0/s1. The summed E-state index contributed by atoms with van der Waals surface area (Å²) in [5.41, 5.74) is 1.97. The zero-order valence-corrected chi connectivity index (χ0v) is 24.8. The van der Waals surface area contributed by atoms with Gasteiger partial charge in [-0.2, -0.15) is 10.2 Å². The largest absolute Gasteiger partial charge is 0.492 e. The van der Waals surface area contributed by atoms with Crippen LogP contribution in [0.1, 0.15) is 66.0 Å². The van der Waals surface area contributed by atoms with Crippen molar-refractivity contribution in [3.8, 4) is 23.1 Å². The predicted molar refractivity (Wildman–Crippen MR) is 162 cm³/mol. The maximum absolute atomic E-state index is 14.2. The number of amides is 1. The number of unbranched alkanes of at least 4 members (excludes halogenated alkanes) is 1. The zero-order valence-electron chi connectivity index (χ0n) is 23.9. The average Bonchev–Trinajstić information content (AvgIpc) is 3.86. The van der Waals surface area contributed by atoms with Crippen LogP contribution in [0, 0.1) is 17.2 Å². The fourth-order valence-corrected chi connectivity index (χ4v) is 6.76. The molecule has 1 saturated carbocycles. The first-order valence-corrected chi connectivity index (χ1v) is 15.7. The molecule has 1 aliphatic rings. The fourth-order valence-electron chi connectivity index (χ4n) is 5.42. The average molecular weight is 597 g/mol. The summed E-state index contributed by atoms with van der Waals surface area (Å²) in [4.78, 5) is 29.9. The number of hydrogen-bond donors (Lipinski definition) is 2. The van der Waals surface area contributed by atoms with Crippen LogP contribution in [0.25, 0.3) is 11.1 Å². The molecule has 1 aromatic heterocycles. The number of rotatable bonds is 10. The van der Waals surface area contributed by atoms with Crippen molar-refractivity contribution in [1.82, 2.24) is 14.9 Å². The van der Waals surface area contributed by atoms with Crippen LogP contribution < -0.4 is 10.9 Å². The Morgan fingerprint density at radius 2 is 1.84 bits per heavy atom. The summed E-state index contributed by atoms with van der Waals surface area (Å²) < 4.78 is 29.3. The molecule has 3 aromatic carbocycles. The monoisotopic (exact) mass is 596 g/mol. The quantitative estimate of drug-likeness (QED) is 0.262. The molecule has 1 atom stereocenters. The first-order valence-electron chi connectivity index (χ1n) is 14.2. The second-order valence-electron chi connectivity index (χ2n) is 10.6. The van der Waals surface area contributed by atoms with Gasteiger partial charge in [0.2, 0.25) is 15.7 Å². The van der Waals surface area contributed by atoms with Gasteiger partial charge in [-0.25, -0.2) is 8.42 Å². The number of nitrogens with zero attached hydrogens (tertiary/aromatic N) is 3. The molecule has 2 N–H and O–H groups in total. The first kappa shape index (κ1) is 29.7. The molecule has 0 saturated heterocycles. The van der Waals surface area contributed by atoms with Crippen LogP contribution in [-0.2, 0) is 16.3 Å². The van der Waals surface area contributed by atoms with Crippen molar-refractivity contribution in [3.05, 3.63) is 106 Å². The maximum atomic E-state index is 14.2. The van der Waals surface area contributed by atoms with E-state index in [1.807, 2.05) is 13.0 Å². The van der Waals surface area contributed by atoms with E-state index >= 15 is 0 Å². The smallest absolute Gasteiger partial charge is 0.277 e. The molecule has 220 valence electrons. The molecule has 0 spiro atoms. The number of aromatic hydroxyl groups is 1. The molecule has 1 heterocycles. The SMILES string of the molecule is CCCCc1nc(O)c(S(=O)(=O)c2ccc(-c3ccccc3C(=O)NC)cc2)c(=O)n1[C@H](c1cccc(C#N)c1)C1CC1. The number of nitrogens with one attached hydrogen (secondary N) is 1. The molecular weight excluding hydrogens is 564 g/mol. The number of aryl methyl sites for hydroxylation is 1. The van der Waals surface area contributed by atoms with Gasteiger partial charge in [0.1, 0.15) is 5.82 Å². The van der Waals surface area contributed by atoms with Gasteiger partial charge in [-0.3, -0.25) is 14.2 Å². The predicted octanol–water partition coefficient (Wildman–Crippen LogP) is 5.02. The number of hydrogen-bond acceptors (Lipinski definition) is 7. The van der Waals surface area contributed by atoms with Crippen molar-refractivity contribution in [2.45, 2.75) is 54.9 Å². The van der Waals surface area contributed by atoms with Crippen LogP contribution in [0.3, 0.4) is 0 Å². The van der Waals surface area contributed by atoms with Crippen LogP contribution in [0.5, 0.6) is 5.88 Å². The van der Waals surface area contributed by atoms with E-state index in [9.17, 15) is 28.4 Å². The minimum atomic E-state index is -4.50. The minimum Gasteiger partial charge on any atom is -0.492 e. The van der Waals surface area contributed by atoms with Crippen LogP contribution in [0.15, 0.2) is 87.4 Å². The third kappa shape index (κ3) is 5.81. The van der Waals surface area contributed by atoms with E-state index in [1.165, 1.54) is 23.7 Å². The van der Waals surface area contributed by atoms with Gasteiger partial charge >= 0.3 is 0 Å². The Bertz CT molecular complexity index is 1890. The highest BCUT2D eigenvalue weighted by molar-refractivity contribution is 7.91. The number of nitriles is 1. The van der Waals surface area contributed by atoms with Crippen LogP contribution >= 0.6 is 0 Å². The molecule has 1 fully saturated rings. The summed E-state index contributed by atoms with van der Waals surface area (Å²) in [6.45, 7) is 1.99. The molecule has 4 aromatic rings. The highest BCUT2D eigenvalue weighted by Gasteiger charge is 2.38. The van der Waals surface area contributed by atoms with Gasteiger partial charge in [-0.05, 0) is 72.2 Å². The van der Waals surface area contributed by atoms with E-state index in [0.29, 0.717) is 40.9 Å². The topological polar surface area (TPSA) is 142 Å². The van der Waals surface area contributed by atoms with Crippen molar-refractivity contribution in [2.24, 2.45) is 5.92 Å². The van der Waals surface area contributed by atoms with Crippen molar-refractivity contribution in [3.63, 3.8) is 0 Å². The van der Waals surface area contributed by atoms with Gasteiger partial charge in [0, 0.05) is 19.0 Å². The summed E-state index contributed by atoms with van der Waals surface area (Å²) in [5.74, 6) is -0.739. The Hall–Kier alpha value is -4.75. The molecule has 0 bridgehead atoms. The third-order valence-corrected chi connectivity index (χ3v) is 9.52. The Morgan fingerprint density at radius 3 is 2.49 bits per heavy atom. The molecule has 0 unspecified atom stereocenters. The Morgan fingerprint density at radius 1 is 1.12 bits per heavy atom. The molecule has 1 aliphatic carbocycles. The summed E-state index contributed by atoms with van der Waals surface area (Å²) in [6.07, 6.45) is 3.54. The van der Waals surface area contributed by atoms with Crippen molar-refractivity contribution in [1.29, 1.82) is 5.26 Å². The van der Waals surface area contributed by atoms with E-state index < -0.39 is 32.2 Å². The Balaban J connectivity index is 1.64. The zero-order chi connectivity index (χ0) is 30.7. The van der Waals surface area contributed by atoms with Gasteiger partial charge in [-0.15, -0.1) is 0 Å². The van der Waals surface area contributed by atoms with E-state index in [0.717, 1.165) is 24.8 Å². The molecule has 43 heavy (non-hydrogen) atoms. The maximum Gasteiger partial charge on any atom is 0.277 e. The highest BCUT2D eigenvalue weighted by Crippen LogP contribution is 2.44. The summed E-state index contributed by atoms with van der Waals surface area (Å²) in [7, 11) is -2.97. The molecule has 9 nitrogen and oxygen atoms in total. The Kier molecular flexibility index (Phi) is 8.46. The number of benzene rings is 3. The second kappa shape index (κ2) is 12.2. The lowest BCUT2D eigenvalue weighted by molar-refractivity contribution is 0.0963. The highest BCUT2D eigenvalue weighted by atomic mass is 32.2. The van der Waals surface area contributed by atoms with Crippen molar-refractivity contribution in [2.75, 3.05) is 7.05 Å². The number of aromatic nitrogens is 2. The van der Waals surface area contributed by atoms with E-state index in [-0.39, 0.29) is 16.7 Å². The van der Waals surface area contributed by atoms with Crippen molar-refractivity contribution >= 4 is 15.7 Å². The molecular formula is C33H32N4O5S. The van der Waals surface area contributed by atoms with Gasteiger partial charge in [0.05, 0.1) is 22.6 Å². The Labute approximate surface area is 250 Å². The van der Waals surface area contributed by atoms with E-state index in [4.69, 9.17) is 0 Å². The first-order chi connectivity index (χ1) is 20.7. The number of sulfone groups is 1. The second-order valence-corrected chi connectivity index (χ2v) is 12.5. The van der Waals surface area contributed by atoms with Gasteiger partial charge in [0.25, 0.3) is 11.5 Å². The summed E-state index contributed by atoms with van der Waals surface area (Å²) in [6, 6.07) is 21.4. The minimum absolute atomic E-state index is 0.0635. The molecule has 10 heteroatoms. The molecule has 5 rings (SSSR count). The molecule has 0 radical (unpaired) electrons. The third-order valence-electron chi connectivity index (χ3n) is 7.73. The van der Waals surface area contributed by atoms with Gasteiger partial charge in [-0.1, -0.05) is 55.8 Å². The van der Waals surface area contributed by atoms with Crippen molar-refractivity contribution < 1.29 is 18.3 Å². The summed E-state index contributed by atoms with van der Waals surface area (Å²) in [5, 5.41) is 23.0.